The number of ether oxygens (including phenoxy) is 2. The number of carbonyl (C=O) groups is 2. The second-order valence-electron chi connectivity index (χ2n) is 7.01. The number of fused-ring (bicyclic) bond motifs is 1. The topological polar surface area (TPSA) is 96.5 Å². The van der Waals surface area contributed by atoms with E-state index in [4.69, 9.17) is 9.47 Å². The van der Waals surface area contributed by atoms with Gasteiger partial charge >= 0.3 is 0 Å². The van der Waals surface area contributed by atoms with Crippen LogP contribution in [0.25, 0.3) is 11.3 Å². The number of amides is 2. The molecule has 0 atom stereocenters. The summed E-state index contributed by atoms with van der Waals surface area (Å²) in [6.45, 7) is 0.576. The molecule has 2 aromatic carbocycles. The molecular formula is C22H21FN4O4. The van der Waals surface area contributed by atoms with Crippen molar-refractivity contribution in [3.63, 3.8) is 0 Å². The Labute approximate surface area is 178 Å². The van der Waals surface area contributed by atoms with Crippen LogP contribution in [0.5, 0.6) is 11.5 Å². The van der Waals surface area contributed by atoms with Crippen LogP contribution in [0.4, 0.5) is 4.39 Å². The Morgan fingerprint density at radius 2 is 2.16 bits per heavy atom. The van der Waals surface area contributed by atoms with Gasteiger partial charge in [0, 0.05) is 30.8 Å². The van der Waals surface area contributed by atoms with Crippen LogP contribution < -0.4 is 14.8 Å². The lowest BCUT2D eigenvalue weighted by atomic mass is 10.1. The van der Waals surface area contributed by atoms with Crippen molar-refractivity contribution in [2.24, 2.45) is 0 Å². The predicted molar refractivity (Wildman–Crippen MR) is 110 cm³/mol. The first kappa shape index (κ1) is 20.4. The van der Waals surface area contributed by atoms with Crippen molar-refractivity contribution in [1.82, 2.24) is 20.4 Å². The standard InChI is InChI=1S/C22H21FN4O4/c1-30-17-4-2-3-14(10-17)18-11-19(26-25-18)22(29)24-7-8-27-12-15-9-16(23)5-6-20(15)31-13-21(27)28/h2-6,9-11H,7-8,12-13H2,1H3,(H,24,29)(H,25,26). The number of nitrogens with zero attached hydrogens (tertiary/aromatic N) is 2. The molecule has 1 aliphatic rings. The molecule has 0 radical (unpaired) electrons. The summed E-state index contributed by atoms with van der Waals surface area (Å²) >= 11 is 0. The molecule has 1 aromatic heterocycles. The molecule has 0 fully saturated rings. The molecule has 2 N–H and O–H groups in total. The van der Waals surface area contributed by atoms with Crippen LogP contribution in [-0.4, -0.2) is 53.7 Å². The second kappa shape index (κ2) is 8.86. The zero-order chi connectivity index (χ0) is 21.8. The van der Waals surface area contributed by atoms with E-state index < -0.39 is 5.82 Å². The largest absolute Gasteiger partial charge is 0.497 e. The number of benzene rings is 2. The van der Waals surface area contributed by atoms with E-state index in [1.165, 1.54) is 23.1 Å². The van der Waals surface area contributed by atoms with E-state index in [0.29, 0.717) is 28.5 Å². The highest BCUT2D eigenvalue weighted by atomic mass is 19.1. The molecule has 8 nitrogen and oxygen atoms in total. The van der Waals surface area contributed by atoms with E-state index in [1.54, 1.807) is 13.2 Å². The highest BCUT2D eigenvalue weighted by molar-refractivity contribution is 5.93. The molecule has 2 heterocycles. The molecule has 0 saturated carbocycles. The van der Waals surface area contributed by atoms with Crippen LogP contribution >= 0.6 is 0 Å². The predicted octanol–water partition coefficient (Wildman–Crippen LogP) is 2.38. The highest BCUT2D eigenvalue weighted by Gasteiger charge is 2.22. The lowest BCUT2D eigenvalue weighted by Crippen LogP contribution is -2.39. The van der Waals surface area contributed by atoms with Crippen LogP contribution in [0, 0.1) is 5.82 Å². The van der Waals surface area contributed by atoms with E-state index in [9.17, 15) is 14.0 Å². The van der Waals surface area contributed by atoms with Crippen molar-refractivity contribution in [1.29, 1.82) is 0 Å². The van der Waals surface area contributed by atoms with E-state index in [2.05, 4.69) is 15.5 Å². The van der Waals surface area contributed by atoms with Crippen LogP contribution in [-0.2, 0) is 11.3 Å². The molecule has 0 unspecified atom stereocenters. The van der Waals surface area contributed by atoms with Gasteiger partial charge in [-0.1, -0.05) is 12.1 Å². The minimum Gasteiger partial charge on any atom is -0.497 e. The number of hydrogen-bond acceptors (Lipinski definition) is 5. The van der Waals surface area contributed by atoms with E-state index in [1.807, 2.05) is 24.3 Å². The second-order valence-corrected chi connectivity index (χ2v) is 7.01. The van der Waals surface area contributed by atoms with Crippen LogP contribution in [0.15, 0.2) is 48.5 Å². The average Bonchev–Trinajstić information content (AvgIpc) is 3.22. The van der Waals surface area contributed by atoms with Crippen molar-refractivity contribution >= 4 is 11.8 Å². The van der Waals surface area contributed by atoms with Gasteiger partial charge in [0.2, 0.25) is 0 Å². The third-order valence-corrected chi connectivity index (χ3v) is 4.94. The SMILES string of the molecule is COc1cccc(-c2cc(C(=O)NCCN3Cc4cc(F)ccc4OCC3=O)[nH]n2)c1. The number of aromatic amines is 1. The van der Waals surface area contributed by atoms with Crippen molar-refractivity contribution in [2.75, 3.05) is 26.8 Å². The van der Waals surface area contributed by atoms with Gasteiger partial charge in [0.15, 0.2) is 6.61 Å². The highest BCUT2D eigenvalue weighted by Crippen LogP contribution is 2.24. The van der Waals surface area contributed by atoms with E-state index in [0.717, 1.165) is 5.56 Å². The Morgan fingerprint density at radius 1 is 1.29 bits per heavy atom. The molecule has 2 amide bonds. The Kier molecular flexibility index (Phi) is 5.83. The number of aromatic nitrogens is 2. The van der Waals surface area contributed by atoms with Crippen molar-refractivity contribution in [3.05, 3.63) is 65.6 Å². The molecule has 0 bridgehead atoms. The molecule has 31 heavy (non-hydrogen) atoms. The summed E-state index contributed by atoms with van der Waals surface area (Å²) in [5.74, 6) is 0.221. The quantitative estimate of drug-likeness (QED) is 0.633. The van der Waals surface area contributed by atoms with Gasteiger partial charge in [0.05, 0.1) is 12.8 Å². The fourth-order valence-corrected chi connectivity index (χ4v) is 3.31. The molecule has 4 rings (SSSR count). The van der Waals surface area contributed by atoms with Crippen molar-refractivity contribution in [2.45, 2.75) is 6.54 Å². The minimum atomic E-state index is -0.393. The van der Waals surface area contributed by atoms with Gasteiger partial charge in [-0.25, -0.2) is 4.39 Å². The van der Waals surface area contributed by atoms with Gasteiger partial charge in [-0.3, -0.25) is 14.7 Å². The first-order valence-electron chi connectivity index (χ1n) is 9.70. The number of rotatable bonds is 6. The molecular weight excluding hydrogens is 403 g/mol. The van der Waals surface area contributed by atoms with Crippen LogP contribution in [0.3, 0.4) is 0 Å². The Bertz CT molecular complexity index is 1110. The molecule has 0 saturated heterocycles. The Balaban J connectivity index is 1.36. The zero-order valence-corrected chi connectivity index (χ0v) is 16.9. The summed E-state index contributed by atoms with van der Waals surface area (Å²) in [6.07, 6.45) is 0. The van der Waals surface area contributed by atoms with Crippen LogP contribution in [0.1, 0.15) is 16.1 Å². The fraction of sp³-hybridized carbons (Fsp3) is 0.227. The summed E-state index contributed by atoms with van der Waals surface area (Å²) in [4.78, 5) is 26.3. The zero-order valence-electron chi connectivity index (χ0n) is 16.9. The summed E-state index contributed by atoms with van der Waals surface area (Å²) in [5.41, 5.74) is 2.32. The van der Waals surface area contributed by atoms with Gasteiger partial charge in [-0.15, -0.1) is 0 Å². The normalized spacial score (nSPS) is 13.2. The maximum absolute atomic E-state index is 13.5. The number of hydrogen-bond donors (Lipinski definition) is 2. The smallest absolute Gasteiger partial charge is 0.269 e. The van der Waals surface area contributed by atoms with Crippen LogP contribution in [0.2, 0.25) is 0 Å². The first-order valence-corrected chi connectivity index (χ1v) is 9.70. The molecule has 1 aliphatic heterocycles. The summed E-state index contributed by atoms with van der Waals surface area (Å²) in [5, 5.41) is 9.67. The Hall–Kier alpha value is -3.88. The van der Waals surface area contributed by atoms with E-state index >= 15 is 0 Å². The summed E-state index contributed by atoms with van der Waals surface area (Å²) in [7, 11) is 1.58. The maximum Gasteiger partial charge on any atom is 0.269 e. The number of carbonyl (C=O) groups excluding carboxylic acids is 2. The van der Waals surface area contributed by atoms with Gasteiger partial charge in [0.1, 0.15) is 23.0 Å². The number of halogens is 1. The lowest BCUT2D eigenvalue weighted by Gasteiger charge is -2.20. The minimum absolute atomic E-state index is 0.128. The van der Waals surface area contributed by atoms with Crippen molar-refractivity contribution in [3.8, 4) is 22.8 Å². The number of H-pyrrole nitrogens is 1. The van der Waals surface area contributed by atoms with Gasteiger partial charge in [0.25, 0.3) is 11.8 Å². The molecule has 9 heteroatoms. The summed E-state index contributed by atoms with van der Waals surface area (Å²) in [6, 6.07) is 13.2. The molecule has 0 spiro atoms. The number of methoxy groups -OCH3 is 1. The number of nitrogens with one attached hydrogen (secondary N) is 2. The van der Waals surface area contributed by atoms with Gasteiger partial charge in [-0.05, 0) is 36.4 Å². The third kappa shape index (κ3) is 4.66. The summed E-state index contributed by atoms with van der Waals surface area (Å²) < 4.78 is 24.2. The maximum atomic E-state index is 13.5. The lowest BCUT2D eigenvalue weighted by molar-refractivity contribution is -0.133. The monoisotopic (exact) mass is 424 g/mol. The average molecular weight is 424 g/mol. The molecule has 3 aromatic rings. The van der Waals surface area contributed by atoms with Crippen molar-refractivity contribution < 1.29 is 23.5 Å². The van der Waals surface area contributed by atoms with E-state index in [-0.39, 0.29) is 38.1 Å². The molecule has 160 valence electrons. The Morgan fingerprint density at radius 3 is 3.00 bits per heavy atom. The first-order chi connectivity index (χ1) is 15.0. The van der Waals surface area contributed by atoms with Gasteiger partial charge < -0.3 is 19.7 Å². The fourth-order valence-electron chi connectivity index (χ4n) is 3.31. The molecule has 0 aliphatic carbocycles. The van der Waals surface area contributed by atoms with Gasteiger partial charge in [-0.2, -0.15) is 5.10 Å². The third-order valence-electron chi connectivity index (χ3n) is 4.94.